The maximum Gasteiger partial charge on any atom is 0.246 e. The predicted molar refractivity (Wildman–Crippen MR) is 92.6 cm³/mol. The predicted octanol–water partition coefficient (Wildman–Crippen LogP) is 4.07. The highest BCUT2D eigenvalue weighted by atomic mass is 35.5. The third-order valence-electron chi connectivity index (χ3n) is 3.43. The minimum atomic E-state index is -0.777. The van der Waals surface area contributed by atoms with Crippen LogP contribution in [0, 0.1) is 11.6 Å². The first-order valence-electron chi connectivity index (χ1n) is 7.29. The number of carbonyl (C=O) groups is 1. The van der Waals surface area contributed by atoms with Crippen molar-refractivity contribution in [2.75, 3.05) is 24.9 Å². The number of benzene rings is 2. The van der Waals surface area contributed by atoms with Crippen LogP contribution in [0.5, 0.6) is 11.5 Å². The zero-order chi connectivity index (χ0) is 18.6. The van der Waals surface area contributed by atoms with Gasteiger partial charge in [-0.1, -0.05) is 11.6 Å². The molecule has 0 aliphatic carbocycles. The molecule has 0 aliphatic heterocycles. The molecule has 25 heavy (non-hydrogen) atoms. The molecule has 0 unspecified atom stereocenters. The van der Waals surface area contributed by atoms with Gasteiger partial charge in [-0.3, -0.25) is 4.79 Å². The molecular formula is C17H17ClF2N2O3. The lowest BCUT2D eigenvalue weighted by Gasteiger charge is -2.18. The molecule has 2 rings (SSSR count). The first-order valence-corrected chi connectivity index (χ1v) is 7.67. The van der Waals surface area contributed by atoms with E-state index in [0.29, 0.717) is 22.2 Å². The highest BCUT2D eigenvalue weighted by molar-refractivity contribution is 6.32. The quantitative estimate of drug-likeness (QED) is 0.804. The van der Waals surface area contributed by atoms with Crippen LogP contribution < -0.4 is 20.1 Å². The van der Waals surface area contributed by atoms with Gasteiger partial charge in [0.2, 0.25) is 5.91 Å². The van der Waals surface area contributed by atoms with E-state index in [9.17, 15) is 13.6 Å². The van der Waals surface area contributed by atoms with Gasteiger partial charge in [-0.2, -0.15) is 0 Å². The van der Waals surface area contributed by atoms with E-state index < -0.39 is 23.6 Å². The van der Waals surface area contributed by atoms with E-state index >= 15 is 0 Å². The first kappa shape index (κ1) is 18.8. The van der Waals surface area contributed by atoms with Gasteiger partial charge in [-0.15, -0.1) is 0 Å². The first-order chi connectivity index (χ1) is 11.8. The van der Waals surface area contributed by atoms with E-state index in [-0.39, 0.29) is 5.69 Å². The van der Waals surface area contributed by atoms with Gasteiger partial charge < -0.3 is 20.1 Å². The number of amides is 1. The van der Waals surface area contributed by atoms with Gasteiger partial charge >= 0.3 is 0 Å². The maximum absolute atomic E-state index is 13.6. The third-order valence-corrected chi connectivity index (χ3v) is 3.72. The number of hydrogen-bond acceptors (Lipinski definition) is 4. The summed E-state index contributed by atoms with van der Waals surface area (Å²) < 4.78 is 37.1. The van der Waals surface area contributed by atoms with E-state index in [2.05, 4.69) is 10.6 Å². The highest BCUT2D eigenvalue weighted by Gasteiger charge is 2.18. The van der Waals surface area contributed by atoms with Gasteiger partial charge in [0, 0.05) is 12.1 Å². The zero-order valence-corrected chi connectivity index (χ0v) is 14.6. The summed E-state index contributed by atoms with van der Waals surface area (Å²) in [6, 6.07) is 5.16. The Morgan fingerprint density at radius 2 is 1.76 bits per heavy atom. The molecule has 134 valence electrons. The van der Waals surface area contributed by atoms with E-state index in [4.69, 9.17) is 21.1 Å². The largest absolute Gasteiger partial charge is 0.495 e. The van der Waals surface area contributed by atoms with Crippen LogP contribution in [0.15, 0.2) is 30.3 Å². The number of rotatable bonds is 6. The summed E-state index contributed by atoms with van der Waals surface area (Å²) in [6.07, 6.45) is 0. The molecular weight excluding hydrogens is 354 g/mol. The average molecular weight is 371 g/mol. The fraction of sp³-hybridized carbons (Fsp3) is 0.235. The third kappa shape index (κ3) is 4.51. The number of methoxy groups -OCH3 is 2. The SMILES string of the molecule is COc1cc(OC)c(N[C@H](C)C(=O)Nc2cc(F)ccc2F)cc1Cl. The van der Waals surface area contributed by atoms with Crippen molar-refractivity contribution in [2.45, 2.75) is 13.0 Å². The molecule has 5 nitrogen and oxygen atoms in total. The minimum absolute atomic E-state index is 0.238. The summed E-state index contributed by atoms with van der Waals surface area (Å²) in [6.45, 7) is 1.56. The fourth-order valence-electron chi connectivity index (χ4n) is 2.11. The van der Waals surface area contributed by atoms with Crippen molar-refractivity contribution in [3.05, 3.63) is 47.0 Å². The van der Waals surface area contributed by atoms with Crippen LogP contribution in [-0.4, -0.2) is 26.2 Å². The van der Waals surface area contributed by atoms with Gasteiger partial charge in [-0.25, -0.2) is 8.78 Å². The summed E-state index contributed by atoms with van der Waals surface area (Å²) in [5, 5.41) is 5.57. The second-order valence-electron chi connectivity index (χ2n) is 5.17. The van der Waals surface area contributed by atoms with Crippen molar-refractivity contribution < 1.29 is 23.0 Å². The Morgan fingerprint density at radius 3 is 2.40 bits per heavy atom. The minimum Gasteiger partial charge on any atom is -0.495 e. The van der Waals surface area contributed by atoms with Gasteiger partial charge in [0.15, 0.2) is 0 Å². The van der Waals surface area contributed by atoms with E-state index in [0.717, 1.165) is 18.2 Å². The average Bonchev–Trinajstić information content (AvgIpc) is 2.58. The molecule has 2 aromatic rings. The monoisotopic (exact) mass is 370 g/mol. The van der Waals surface area contributed by atoms with E-state index in [1.54, 1.807) is 19.1 Å². The van der Waals surface area contributed by atoms with Gasteiger partial charge in [0.1, 0.15) is 29.2 Å². The van der Waals surface area contributed by atoms with Crippen LogP contribution in [0.3, 0.4) is 0 Å². The summed E-state index contributed by atoms with van der Waals surface area (Å²) in [7, 11) is 2.93. The number of ether oxygens (including phenoxy) is 2. The van der Waals surface area contributed by atoms with Crippen molar-refractivity contribution in [1.29, 1.82) is 0 Å². The molecule has 8 heteroatoms. The molecule has 0 saturated heterocycles. The van der Waals surface area contributed by atoms with Crippen LogP contribution in [0.1, 0.15) is 6.92 Å². The van der Waals surface area contributed by atoms with Gasteiger partial charge in [0.05, 0.1) is 30.6 Å². The van der Waals surface area contributed by atoms with Crippen LogP contribution in [0.2, 0.25) is 5.02 Å². The second-order valence-corrected chi connectivity index (χ2v) is 5.57. The highest BCUT2D eigenvalue weighted by Crippen LogP contribution is 2.36. The molecule has 0 fully saturated rings. The lowest BCUT2D eigenvalue weighted by atomic mass is 10.2. The number of carbonyl (C=O) groups excluding carboxylic acids is 1. The Balaban J connectivity index is 2.16. The molecule has 0 bridgehead atoms. The molecule has 0 heterocycles. The molecule has 0 spiro atoms. The second kappa shape index (κ2) is 8.02. The summed E-state index contributed by atoms with van der Waals surface area (Å²) in [5.74, 6) is -1.10. The molecule has 0 aromatic heterocycles. The molecule has 1 atom stereocenters. The lowest BCUT2D eigenvalue weighted by molar-refractivity contribution is -0.116. The fourth-order valence-corrected chi connectivity index (χ4v) is 2.35. The molecule has 0 saturated carbocycles. The van der Waals surface area contributed by atoms with Crippen LogP contribution >= 0.6 is 11.6 Å². The van der Waals surface area contributed by atoms with Gasteiger partial charge in [-0.05, 0) is 25.1 Å². The number of nitrogens with one attached hydrogen (secondary N) is 2. The smallest absolute Gasteiger partial charge is 0.246 e. The Labute approximate surface area is 148 Å². The molecule has 1 amide bonds. The van der Waals surface area contributed by atoms with Crippen molar-refractivity contribution >= 4 is 28.9 Å². The summed E-state index contributed by atoms with van der Waals surface area (Å²) in [5.41, 5.74) is 0.217. The van der Waals surface area contributed by atoms with Crippen molar-refractivity contribution in [1.82, 2.24) is 0 Å². The van der Waals surface area contributed by atoms with Crippen molar-refractivity contribution in [2.24, 2.45) is 0 Å². The molecule has 0 aliphatic rings. The number of halogens is 3. The number of hydrogen-bond donors (Lipinski definition) is 2. The Bertz CT molecular complexity index is 787. The normalized spacial score (nSPS) is 11.6. The summed E-state index contributed by atoms with van der Waals surface area (Å²) in [4.78, 5) is 12.2. The lowest BCUT2D eigenvalue weighted by Crippen LogP contribution is -2.32. The Morgan fingerprint density at radius 1 is 1.08 bits per heavy atom. The molecule has 0 radical (unpaired) electrons. The standard InChI is InChI=1S/C17H17ClF2N2O3/c1-9(17(23)22-13-6-10(19)4-5-12(13)20)21-14-7-11(18)15(24-2)8-16(14)25-3/h4-9,21H,1-3H3,(H,22,23)/t9-/m1/s1. The maximum atomic E-state index is 13.6. The van der Waals surface area contributed by atoms with E-state index in [1.165, 1.54) is 14.2 Å². The van der Waals surface area contributed by atoms with Gasteiger partial charge in [0.25, 0.3) is 0 Å². The Hall–Kier alpha value is -2.54. The van der Waals surface area contributed by atoms with Crippen molar-refractivity contribution in [3.63, 3.8) is 0 Å². The molecule has 2 aromatic carbocycles. The van der Waals surface area contributed by atoms with E-state index in [1.807, 2.05) is 0 Å². The van der Waals surface area contributed by atoms with Crippen LogP contribution in [0.4, 0.5) is 20.2 Å². The van der Waals surface area contributed by atoms with Crippen LogP contribution in [0.25, 0.3) is 0 Å². The van der Waals surface area contributed by atoms with Crippen LogP contribution in [-0.2, 0) is 4.79 Å². The summed E-state index contributed by atoms with van der Waals surface area (Å²) >= 11 is 6.08. The molecule has 2 N–H and O–H groups in total. The van der Waals surface area contributed by atoms with Crippen molar-refractivity contribution in [3.8, 4) is 11.5 Å². The topological polar surface area (TPSA) is 59.6 Å². The zero-order valence-electron chi connectivity index (χ0n) is 13.8. The Kier molecular flexibility index (Phi) is 6.03. The number of anilines is 2.